The number of carbonyl (C=O) groups is 2. The smallest absolute Gasteiger partial charge is 0.309 e. The quantitative estimate of drug-likeness (QED) is 0.503. The third-order valence-corrected chi connectivity index (χ3v) is 1.58. The molecule has 0 aromatic rings. The van der Waals surface area contributed by atoms with Crippen molar-refractivity contribution < 1.29 is 19.1 Å². The van der Waals surface area contributed by atoms with Crippen LogP contribution in [0.4, 0.5) is 0 Å². The molecule has 1 fully saturated rings. The Bertz CT molecular complexity index is 167. The highest BCUT2D eigenvalue weighted by atomic mass is 16.6. The lowest BCUT2D eigenvalue weighted by atomic mass is 10.3. The van der Waals surface area contributed by atoms with E-state index < -0.39 is 0 Å². The molecule has 1 unspecified atom stereocenters. The normalized spacial score (nSPS) is 26.2. The molecule has 0 aromatic carbocycles. The van der Waals surface area contributed by atoms with Gasteiger partial charge in [-0.15, -0.1) is 0 Å². The van der Waals surface area contributed by atoms with Gasteiger partial charge >= 0.3 is 11.9 Å². The minimum atomic E-state index is -0.358. The van der Waals surface area contributed by atoms with Crippen molar-refractivity contribution in [2.45, 2.75) is 32.3 Å². The number of ether oxygens (including phenoxy) is 2. The Labute approximate surface area is 70.8 Å². The fourth-order valence-electron chi connectivity index (χ4n) is 1.02. The molecule has 12 heavy (non-hydrogen) atoms. The van der Waals surface area contributed by atoms with Gasteiger partial charge < -0.3 is 9.47 Å². The molecule has 1 heterocycles. The van der Waals surface area contributed by atoms with Crippen LogP contribution in [0.2, 0.25) is 0 Å². The van der Waals surface area contributed by atoms with Crippen molar-refractivity contribution in [1.82, 2.24) is 0 Å². The SMILES string of the molecule is CC1CC(=O)OCCCC(=O)O1. The Hall–Kier alpha value is -1.06. The van der Waals surface area contributed by atoms with Gasteiger partial charge in [-0.1, -0.05) is 0 Å². The first-order chi connectivity index (χ1) is 5.68. The minimum absolute atomic E-state index is 0.158. The van der Waals surface area contributed by atoms with Crippen molar-refractivity contribution in [3.8, 4) is 0 Å². The summed E-state index contributed by atoms with van der Waals surface area (Å²) in [6.45, 7) is 2.01. The molecule has 1 rings (SSSR count). The van der Waals surface area contributed by atoms with Crippen LogP contribution >= 0.6 is 0 Å². The van der Waals surface area contributed by atoms with E-state index in [1.807, 2.05) is 0 Å². The topological polar surface area (TPSA) is 52.6 Å². The van der Waals surface area contributed by atoms with Crippen molar-refractivity contribution in [3.05, 3.63) is 0 Å². The average Bonchev–Trinajstić information content (AvgIpc) is 2.01. The van der Waals surface area contributed by atoms with Gasteiger partial charge in [0.15, 0.2) is 0 Å². The van der Waals surface area contributed by atoms with Crippen LogP contribution in [0, 0.1) is 0 Å². The molecule has 68 valence electrons. The zero-order chi connectivity index (χ0) is 8.97. The van der Waals surface area contributed by atoms with Crippen molar-refractivity contribution in [1.29, 1.82) is 0 Å². The van der Waals surface area contributed by atoms with E-state index in [9.17, 15) is 9.59 Å². The maximum atomic E-state index is 10.9. The zero-order valence-electron chi connectivity index (χ0n) is 7.04. The Morgan fingerprint density at radius 3 is 2.83 bits per heavy atom. The van der Waals surface area contributed by atoms with Crippen molar-refractivity contribution in [3.63, 3.8) is 0 Å². The lowest BCUT2D eigenvalue weighted by Gasteiger charge is -2.09. The molecule has 0 N–H and O–H groups in total. The fraction of sp³-hybridized carbons (Fsp3) is 0.750. The molecule has 1 aliphatic heterocycles. The predicted octanol–water partition coefficient (Wildman–Crippen LogP) is 0.645. The summed E-state index contributed by atoms with van der Waals surface area (Å²) in [5, 5.41) is 0. The van der Waals surface area contributed by atoms with E-state index in [0.29, 0.717) is 19.4 Å². The van der Waals surface area contributed by atoms with Crippen molar-refractivity contribution in [2.75, 3.05) is 6.61 Å². The minimum Gasteiger partial charge on any atom is -0.466 e. The average molecular weight is 172 g/mol. The van der Waals surface area contributed by atoms with Crippen LogP contribution in [0.1, 0.15) is 26.2 Å². The highest BCUT2D eigenvalue weighted by molar-refractivity contribution is 5.73. The first-order valence-electron chi connectivity index (χ1n) is 4.03. The maximum absolute atomic E-state index is 10.9. The highest BCUT2D eigenvalue weighted by Crippen LogP contribution is 2.06. The number of esters is 2. The van der Waals surface area contributed by atoms with Gasteiger partial charge in [0.1, 0.15) is 6.10 Å². The monoisotopic (exact) mass is 172 g/mol. The lowest BCUT2D eigenvalue weighted by Crippen LogP contribution is -2.17. The molecule has 0 aliphatic carbocycles. The molecule has 0 saturated carbocycles. The second-order valence-corrected chi connectivity index (χ2v) is 2.83. The number of carbonyl (C=O) groups excluding carboxylic acids is 2. The van der Waals surface area contributed by atoms with Crippen molar-refractivity contribution >= 4 is 11.9 Å². The zero-order valence-corrected chi connectivity index (χ0v) is 7.04. The summed E-state index contributed by atoms with van der Waals surface area (Å²) in [5.41, 5.74) is 0. The fourth-order valence-corrected chi connectivity index (χ4v) is 1.02. The summed E-state index contributed by atoms with van der Waals surface area (Å²) in [6, 6.07) is 0. The van der Waals surface area contributed by atoms with Gasteiger partial charge in [-0.25, -0.2) is 0 Å². The van der Waals surface area contributed by atoms with Gasteiger partial charge in [0.25, 0.3) is 0 Å². The van der Waals surface area contributed by atoms with E-state index in [0.717, 1.165) is 0 Å². The van der Waals surface area contributed by atoms with Crippen LogP contribution in [0.15, 0.2) is 0 Å². The summed E-state index contributed by atoms with van der Waals surface area (Å²) >= 11 is 0. The standard InChI is InChI=1S/C8H12O4/c1-6-5-8(10)11-4-2-3-7(9)12-6/h6H,2-5H2,1H3. The molecular formula is C8H12O4. The largest absolute Gasteiger partial charge is 0.466 e. The number of rotatable bonds is 0. The molecule has 1 aliphatic rings. The molecule has 4 heteroatoms. The van der Waals surface area contributed by atoms with Crippen LogP contribution in [0.5, 0.6) is 0 Å². The Morgan fingerprint density at radius 1 is 1.33 bits per heavy atom. The second-order valence-electron chi connectivity index (χ2n) is 2.83. The molecule has 4 nitrogen and oxygen atoms in total. The van der Waals surface area contributed by atoms with E-state index in [-0.39, 0.29) is 24.5 Å². The number of hydrogen-bond donors (Lipinski definition) is 0. The predicted molar refractivity (Wildman–Crippen MR) is 40.4 cm³/mol. The van der Waals surface area contributed by atoms with Gasteiger partial charge in [0.05, 0.1) is 13.0 Å². The van der Waals surface area contributed by atoms with E-state index in [4.69, 9.17) is 9.47 Å². The van der Waals surface area contributed by atoms with E-state index in [1.165, 1.54) is 0 Å². The summed E-state index contributed by atoms with van der Waals surface area (Å²) in [7, 11) is 0. The number of cyclic esters (lactones) is 2. The Kier molecular flexibility index (Phi) is 3.08. The van der Waals surface area contributed by atoms with Gasteiger partial charge in [-0.2, -0.15) is 0 Å². The summed E-state index contributed by atoms with van der Waals surface area (Å²) in [6.07, 6.45) is 0.684. The lowest BCUT2D eigenvalue weighted by molar-refractivity contribution is -0.151. The molecule has 0 amide bonds. The summed E-state index contributed by atoms with van der Waals surface area (Å²) in [5.74, 6) is -0.544. The third kappa shape index (κ3) is 2.90. The second kappa shape index (κ2) is 4.09. The van der Waals surface area contributed by atoms with Crippen LogP contribution in [-0.4, -0.2) is 24.6 Å². The number of hydrogen-bond acceptors (Lipinski definition) is 4. The Balaban J connectivity index is 2.48. The molecule has 1 saturated heterocycles. The van der Waals surface area contributed by atoms with Crippen LogP contribution in [0.3, 0.4) is 0 Å². The highest BCUT2D eigenvalue weighted by Gasteiger charge is 2.16. The van der Waals surface area contributed by atoms with Gasteiger partial charge in [-0.05, 0) is 13.3 Å². The van der Waals surface area contributed by atoms with Gasteiger partial charge in [0.2, 0.25) is 0 Å². The first kappa shape index (κ1) is 9.03. The van der Waals surface area contributed by atoms with Crippen LogP contribution in [0.25, 0.3) is 0 Å². The Morgan fingerprint density at radius 2 is 2.08 bits per heavy atom. The third-order valence-electron chi connectivity index (χ3n) is 1.58. The van der Waals surface area contributed by atoms with Gasteiger partial charge in [0, 0.05) is 6.42 Å². The van der Waals surface area contributed by atoms with Crippen molar-refractivity contribution in [2.24, 2.45) is 0 Å². The van der Waals surface area contributed by atoms with Crippen LogP contribution in [-0.2, 0) is 19.1 Å². The summed E-state index contributed by atoms with van der Waals surface area (Å²) in [4.78, 5) is 21.8. The maximum Gasteiger partial charge on any atom is 0.309 e. The molecule has 0 spiro atoms. The molecular weight excluding hydrogens is 160 g/mol. The molecule has 0 bridgehead atoms. The molecule has 0 aromatic heterocycles. The summed E-state index contributed by atoms with van der Waals surface area (Å²) < 4.78 is 9.71. The molecule has 1 atom stereocenters. The first-order valence-corrected chi connectivity index (χ1v) is 4.03. The van der Waals surface area contributed by atoms with E-state index in [2.05, 4.69) is 0 Å². The van der Waals surface area contributed by atoms with Gasteiger partial charge in [-0.3, -0.25) is 9.59 Å². The molecule has 0 radical (unpaired) electrons. The van der Waals surface area contributed by atoms with E-state index in [1.54, 1.807) is 6.92 Å². The van der Waals surface area contributed by atoms with Crippen LogP contribution < -0.4 is 0 Å². The van der Waals surface area contributed by atoms with E-state index >= 15 is 0 Å².